The van der Waals surface area contributed by atoms with E-state index in [0.717, 1.165) is 5.69 Å². The molecule has 20 heavy (non-hydrogen) atoms. The Balaban J connectivity index is 2.09. The summed E-state index contributed by atoms with van der Waals surface area (Å²) in [6, 6.07) is 15.9. The molecule has 0 radical (unpaired) electrons. The van der Waals surface area contributed by atoms with Crippen LogP contribution in [0.3, 0.4) is 0 Å². The van der Waals surface area contributed by atoms with Gasteiger partial charge >= 0.3 is 0 Å². The monoisotopic (exact) mass is 331 g/mol. The third kappa shape index (κ3) is 2.44. The number of anilines is 1. The fourth-order valence-electron chi connectivity index (χ4n) is 2.01. The van der Waals surface area contributed by atoms with E-state index in [1.165, 1.54) is 12.1 Å². The minimum absolute atomic E-state index is 0.317. The third-order valence-corrected chi connectivity index (χ3v) is 3.35. The number of halogens is 2. The van der Waals surface area contributed by atoms with Gasteiger partial charge in [0.05, 0.1) is 11.4 Å². The highest BCUT2D eigenvalue weighted by atomic mass is 79.9. The molecular weight excluding hydrogens is 321 g/mol. The minimum Gasteiger partial charge on any atom is -0.384 e. The van der Waals surface area contributed by atoms with E-state index >= 15 is 0 Å². The average molecular weight is 332 g/mol. The molecule has 0 unspecified atom stereocenters. The van der Waals surface area contributed by atoms with Crippen molar-refractivity contribution < 1.29 is 4.39 Å². The Hall–Kier alpha value is -2.14. The lowest BCUT2D eigenvalue weighted by Crippen LogP contribution is -2.01. The fraction of sp³-hybridized carbons (Fsp3) is 0. The number of hydrogen-bond donors (Lipinski definition) is 1. The van der Waals surface area contributed by atoms with Gasteiger partial charge in [-0.1, -0.05) is 34.1 Å². The summed E-state index contributed by atoms with van der Waals surface area (Å²) in [6.07, 6.45) is 0. The van der Waals surface area contributed by atoms with Crippen LogP contribution in [0, 0.1) is 5.82 Å². The van der Waals surface area contributed by atoms with Crippen LogP contribution in [0.25, 0.3) is 16.9 Å². The number of rotatable bonds is 2. The zero-order valence-corrected chi connectivity index (χ0v) is 12.0. The molecule has 1 heterocycles. The second kappa shape index (κ2) is 5.09. The van der Waals surface area contributed by atoms with E-state index in [1.54, 1.807) is 16.8 Å². The van der Waals surface area contributed by atoms with Gasteiger partial charge in [0.15, 0.2) is 0 Å². The Kier molecular flexibility index (Phi) is 3.28. The van der Waals surface area contributed by atoms with Gasteiger partial charge in [-0.2, -0.15) is 5.10 Å². The van der Waals surface area contributed by atoms with Gasteiger partial charge in [-0.3, -0.25) is 0 Å². The van der Waals surface area contributed by atoms with Crippen molar-refractivity contribution in [2.75, 3.05) is 5.73 Å². The van der Waals surface area contributed by atoms with Crippen molar-refractivity contribution in [2.45, 2.75) is 0 Å². The number of hydrogen-bond acceptors (Lipinski definition) is 2. The lowest BCUT2D eigenvalue weighted by atomic mass is 10.1. The van der Waals surface area contributed by atoms with Crippen LogP contribution < -0.4 is 5.73 Å². The van der Waals surface area contributed by atoms with Crippen molar-refractivity contribution in [1.82, 2.24) is 9.78 Å². The number of nitrogens with two attached hydrogens (primary N) is 1. The first-order valence-electron chi connectivity index (χ1n) is 6.01. The Bertz CT molecular complexity index is 733. The summed E-state index contributed by atoms with van der Waals surface area (Å²) in [4.78, 5) is 0. The van der Waals surface area contributed by atoms with E-state index < -0.39 is 0 Å². The largest absolute Gasteiger partial charge is 0.384 e. The molecule has 0 saturated carbocycles. The maximum Gasteiger partial charge on any atom is 0.127 e. The highest BCUT2D eigenvalue weighted by Gasteiger charge is 2.10. The van der Waals surface area contributed by atoms with Crippen LogP contribution in [0.1, 0.15) is 0 Å². The summed E-state index contributed by atoms with van der Waals surface area (Å²) in [7, 11) is 0. The van der Waals surface area contributed by atoms with Crippen LogP contribution in [0.15, 0.2) is 59.1 Å². The molecule has 0 aliphatic carbocycles. The molecule has 3 nitrogen and oxygen atoms in total. The van der Waals surface area contributed by atoms with E-state index in [1.807, 2.05) is 30.3 Å². The molecule has 2 aromatic carbocycles. The van der Waals surface area contributed by atoms with Gasteiger partial charge in [0.25, 0.3) is 0 Å². The van der Waals surface area contributed by atoms with Gasteiger partial charge in [-0.05, 0) is 30.3 Å². The van der Waals surface area contributed by atoms with E-state index in [-0.39, 0.29) is 5.82 Å². The number of aromatic nitrogens is 2. The van der Waals surface area contributed by atoms with E-state index in [0.29, 0.717) is 21.5 Å². The number of nitrogen functional groups attached to an aromatic ring is 1. The Labute approximate surface area is 124 Å². The smallest absolute Gasteiger partial charge is 0.127 e. The van der Waals surface area contributed by atoms with E-state index in [4.69, 9.17) is 5.73 Å². The molecular formula is C15H11BrFN3. The molecule has 2 N–H and O–H groups in total. The van der Waals surface area contributed by atoms with E-state index in [9.17, 15) is 4.39 Å². The quantitative estimate of drug-likeness (QED) is 0.770. The SMILES string of the molecule is Nc1cc(-c2cc(F)cc(Br)c2)nn1-c1ccccc1. The predicted molar refractivity (Wildman–Crippen MR) is 81.1 cm³/mol. The zero-order valence-electron chi connectivity index (χ0n) is 10.4. The molecule has 0 spiro atoms. The maximum absolute atomic E-state index is 13.4. The first-order valence-corrected chi connectivity index (χ1v) is 6.80. The molecule has 5 heteroatoms. The molecule has 3 rings (SSSR count). The normalized spacial score (nSPS) is 10.7. The van der Waals surface area contributed by atoms with Crippen molar-refractivity contribution in [3.8, 4) is 16.9 Å². The zero-order chi connectivity index (χ0) is 14.1. The second-order valence-corrected chi connectivity index (χ2v) is 5.28. The van der Waals surface area contributed by atoms with Crippen molar-refractivity contribution in [2.24, 2.45) is 0 Å². The standard InChI is InChI=1S/C15H11BrFN3/c16-11-6-10(7-12(17)8-11)14-9-15(18)20(19-14)13-4-2-1-3-5-13/h1-9H,18H2. The van der Waals surface area contributed by atoms with Gasteiger partial charge in [0.2, 0.25) is 0 Å². The molecule has 100 valence electrons. The number of benzene rings is 2. The average Bonchev–Trinajstić information content (AvgIpc) is 2.81. The molecule has 0 amide bonds. The third-order valence-electron chi connectivity index (χ3n) is 2.90. The lowest BCUT2D eigenvalue weighted by molar-refractivity contribution is 0.627. The van der Waals surface area contributed by atoms with Gasteiger partial charge in [0, 0.05) is 16.1 Å². The summed E-state index contributed by atoms with van der Waals surface area (Å²) in [6.45, 7) is 0. The molecule has 0 bridgehead atoms. The number of para-hydroxylation sites is 1. The van der Waals surface area contributed by atoms with Crippen LogP contribution in [-0.4, -0.2) is 9.78 Å². The summed E-state index contributed by atoms with van der Waals surface area (Å²) in [5.41, 5.74) is 8.16. The second-order valence-electron chi connectivity index (χ2n) is 4.36. The molecule has 1 aromatic heterocycles. The molecule has 0 saturated heterocycles. The summed E-state index contributed by atoms with van der Waals surface area (Å²) in [5, 5.41) is 4.44. The highest BCUT2D eigenvalue weighted by molar-refractivity contribution is 9.10. The van der Waals surface area contributed by atoms with Gasteiger partial charge in [-0.15, -0.1) is 0 Å². The fourth-order valence-corrected chi connectivity index (χ4v) is 2.48. The molecule has 0 aliphatic heterocycles. The van der Waals surface area contributed by atoms with Crippen molar-refractivity contribution in [1.29, 1.82) is 0 Å². The molecule has 0 aliphatic rings. The van der Waals surface area contributed by atoms with Gasteiger partial charge in [0.1, 0.15) is 11.6 Å². The minimum atomic E-state index is -0.317. The lowest BCUT2D eigenvalue weighted by Gasteiger charge is -2.02. The van der Waals surface area contributed by atoms with Gasteiger partial charge in [-0.25, -0.2) is 9.07 Å². The highest BCUT2D eigenvalue weighted by Crippen LogP contribution is 2.26. The summed E-state index contributed by atoms with van der Waals surface area (Å²) >= 11 is 3.27. The topological polar surface area (TPSA) is 43.8 Å². The van der Waals surface area contributed by atoms with Crippen LogP contribution in [0.4, 0.5) is 10.2 Å². The van der Waals surface area contributed by atoms with Crippen molar-refractivity contribution in [3.63, 3.8) is 0 Å². The van der Waals surface area contributed by atoms with Crippen LogP contribution in [0.5, 0.6) is 0 Å². The van der Waals surface area contributed by atoms with Crippen molar-refractivity contribution >= 4 is 21.7 Å². The Morgan fingerprint density at radius 3 is 2.50 bits per heavy atom. The van der Waals surface area contributed by atoms with Gasteiger partial charge < -0.3 is 5.73 Å². The van der Waals surface area contributed by atoms with Crippen LogP contribution in [0.2, 0.25) is 0 Å². The van der Waals surface area contributed by atoms with Crippen LogP contribution in [-0.2, 0) is 0 Å². The number of nitrogens with zero attached hydrogens (tertiary/aromatic N) is 2. The maximum atomic E-state index is 13.4. The predicted octanol–water partition coefficient (Wildman–Crippen LogP) is 4.02. The first kappa shape index (κ1) is 12.9. The Morgan fingerprint density at radius 1 is 1.05 bits per heavy atom. The van der Waals surface area contributed by atoms with Crippen LogP contribution >= 0.6 is 15.9 Å². The molecule has 0 atom stereocenters. The summed E-state index contributed by atoms with van der Waals surface area (Å²) in [5.74, 6) is 0.189. The Morgan fingerprint density at radius 2 is 1.80 bits per heavy atom. The van der Waals surface area contributed by atoms with Crippen molar-refractivity contribution in [3.05, 3.63) is 64.9 Å². The summed E-state index contributed by atoms with van der Waals surface area (Å²) < 4.78 is 15.7. The van der Waals surface area contributed by atoms with E-state index in [2.05, 4.69) is 21.0 Å². The molecule has 0 fully saturated rings. The first-order chi connectivity index (χ1) is 9.63. The molecule has 3 aromatic rings.